The molecule has 0 bridgehead atoms. The van der Waals surface area contributed by atoms with Gasteiger partial charge in [0.2, 0.25) is 94.5 Å². The van der Waals surface area contributed by atoms with Crippen molar-refractivity contribution in [2.24, 2.45) is 35.0 Å². The summed E-state index contributed by atoms with van der Waals surface area (Å²) in [5, 5.41) is 102. The number of hydrogen-bond donors (Lipinski definition) is 26. The maximum absolute atomic E-state index is 15.7. The van der Waals surface area contributed by atoms with Crippen molar-refractivity contribution in [3.05, 3.63) is 227 Å². The number of primary amides is 2. The predicted octanol–water partition coefficient (Wildman–Crippen LogP) is 0.757. The number of aromatic amines is 2. The van der Waals surface area contributed by atoms with Crippen LogP contribution in [0.25, 0.3) is 21.8 Å². The summed E-state index contributed by atoms with van der Waals surface area (Å²) in [6, 6.07) is 20.6. The molecule has 0 unspecified atom stereocenters. The fourth-order valence-corrected chi connectivity index (χ4v) is 17.4. The molecule has 1 aliphatic heterocycles. The van der Waals surface area contributed by atoms with Crippen molar-refractivity contribution in [1.82, 2.24) is 89.7 Å². The van der Waals surface area contributed by atoms with Crippen LogP contribution in [0.3, 0.4) is 0 Å². The van der Waals surface area contributed by atoms with Gasteiger partial charge in [-0.1, -0.05) is 163 Å². The van der Waals surface area contributed by atoms with Gasteiger partial charge in [0.15, 0.2) is 5.96 Å². The number of carbonyl (C=O) groups excluding carboxylic acids is 16. The van der Waals surface area contributed by atoms with Crippen molar-refractivity contribution in [3.63, 3.8) is 0 Å². The molecule has 10 rings (SSSR count). The van der Waals surface area contributed by atoms with Crippen LogP contribution in [0.4, 0.5) is 0 Å². The summed E-state index contributed by atoms with van der Waals surface area (Å²) in [5.41, 5.74) is 21.3. The van der Waals surface area contributed by atoms with Crippen LogP contribution in [-0.2, 0) is 122 Å². The number of carbonyl (C=O) groups is 16. The molecule has 3 heterocycles. The largest absolute Gasteiger partial charge is 0.508 e. The van der Waals surface area contributed by atoms with Gasteiger partial charge in [-0.3, -0.25) is 82.1 Å². The molecule has 16 atom stereocenters. The second-order valence-electron chi connectivity index (χ2n) is 37.1. The SMILES string of the molecule is CC[C@H](C)[C@@H]1NC(=O)[C@H](CCCNC(=N)N)NC(=O)[C@@H](Cc2ccc(O)cc2)NC(=O)CSC[C@@H](C(N)=O)NC(=O)[C@H](Cc2ccc(O)cc2)NC(=O)[C@H](C(C)C)NC(=O)[C@H](CC(N)=O)NC(=O)[C@H](Cc2c[nH]c3ccccc23)NC(=O)[C@H](Cc2c[nH]c3ccccc23)NC(=O)[C@H]([C@@H](C)O)NC(=O)[C@H](Cc2ccc(O)cc2)NC(=O)[C@H](Cc2ccccc2)NC(=O)[C@H](CC(C)C)NC(=O)[C@H](Cc2ccc(O)cc2)NC1=O. The molecule has 9 aromatic rings. The Hall–Kier alpha value is -16.1. The third kappa shape index (κ3) is 33.8. The first-order valence-corrected chi connectivity index (χ1v) is 49.1. The van der Waals surface area contributed by atoms with Crippen LogP contribution in [0.2, 0.25) is 0 Å². The third-order valence-electron chi connectivity index (χ3n) is 24.7. The predicted molar refractivity (Wildman–Crippen MR) is 543 cm³/mol. The van der Waals surface area contributed by atoms with Crippen molar-refractivity contribution in [2.75, 3.05) is 18.1 Å². The summed E-state index contributed by atoms with van der Waals surface area (Å²) in [6.45, 7) is 11.0. The van der Waals surface area contributed by atoms with Crippen molar-refractivity contribution in [2.45, 2.75) is 216 Å². The highest BCUT2D eigenvalue weighted by Gasteiger charge is 2.42. The van der Waals surface area contributed by atoms with E-state index in [-0.39, 0.29) is 93.8 Å². The van der Waals surface area contributed by atoms with E-state index in [0.717, 1.165) is 18.7 Å². The van der Waals surface area contributed by atoms with Gasteiger partial charge in [0, 0.05) is 91.4 Å². The molecule has 1 fully saturated rings. The zero-order chi connectivity index (χ0) is 106. The standard InChI is InChI=1S/C103H129N21O21S/c1-8-56(6)87-101(144)119-77(44-60-26-34-66(127)35-27-60)94(137)113-74(41-54(2)3)91(134)114-76(42-58-17-10-9-11-18-58)93(136)115-79(46-62-30-38-68(129)39-31-62)98(141)124-88(57(7)125)102(145)120-81(48-64-51-110-72-22-15-13-20-70(64)72)97(140)116-80(47-63-50-109-71-21-14-12-19-69(63)71)96(139)117-82(49-84(104)130)99(142)122-86(55(4)5)100(143)118-78(45-61-28-36-67(128)37-29-61)95(138)121-83(89(105)132)52-146-53-85(131)111-75(43-59-24-32-65(126)33-25-59)92(135)112-73(90(133)123-87)23-16-40-108-103(106)107/h9-15,17-22,24-39,50-51,54-57,73-83,86-88,109-110,125-129H,8,16,23,40-49,52-53H2,1-7H3,(H2,104,130)(H2,105,132)(H,111,131)(H,112,135)(H,113,137)(H,114,134)(H,115,136)(H,116,140)(H,117,139)(H,118,143)(H,119,144)(H,120,145)(H,121,138)(H,122,142)(H,123,133)(H,124,141)(H4,106,107,108)/t56-,57+,73-,74-,75+,76-,77-,78-,79-,80-,81-,82-,83-,86-,87-,88-/m0/s1. The van der Waals surface area contributed by atoms with Gasteiger partial charge >= 0.3 is 0 Å². The second kappa shape index (κ2) is 53.9. The number of para-hydroxylation sites is 2. The highest BCUT2D eigenvalue weighted by atomic mass is 32.2. The van der Waals surface area contributed by atoms with Crippen molar-refractivity contribution in [1.29, 1.82) is 5.41 Å². The first-order valence-electron chi connectivity index (χ1n) is 48.0. The number of rotatable bonds is 27. The molecule has 778 valence electrons. The van der Waals surface area contributed by atoms with Crippen molar-refractivity contribution >= 4 is 134 Å². The second-order valence-corrected chi connectivity index (χ2v) is 38.1. The molecule has 16 amide bonds. The van der Waals surface area contributed by atoms with Gasteiger partial charge in [-0.05, 0) is 144 Å². The minimum absolute atomic E-state index is 0.0199. The number of nitrogens with one attached hydrogen (secondary N) is 18. The summed E-state index contributed by atoms with van der Waals surface area (Å²) in [5.74, 6) is -20.9. The Labute approximate surface area is 846 Å². The average molecular weight is 2030 g/mol. The average Bonchev–Trinajstić information content (AvgIpc) is 1.68. The molecule has 42 nitrogen and oxygen atoms in total. The molecule has 2 aromatic heterocycles. The molecular weight excluding hydrogens is 1900 g/mol. The smallest absolute Gasteiger partial charge is 0.245 e. The Morgan fingerprint density at radius 3 is 1.12 bits per heavy atom. The highest BCUT2D eigenvalue weighted by molar-refractivity contribution is 8.00. The maximum Gasteiger partial charge on any atom is 0.245 e. The van der Waals surface area contributed by atoms with E-state index in [9.17, 15) is 49.5 Å². The number of fused-ring (bicyclic) bond motifs is 2. The van der Waals surface area contributed by atoms with E-state index in [1.54, 1.807) is 119 Å². The number of phenols is 4. The molecule has 1 saturated heterocycles. The van der Waals surface area contributed by atoms with E-state index >= 15 is 52.7 Å². The van der Waals surface area contributed by atoms with Crippen LogP contribution >= 0.6 is 11.8 Å². The van der Waals surface area contributed by atoms with Gasteiger partial charge < -0.3 is 132 Å². The van der Waals surface area contributed by atoms with Gasteiger partial charge in [0.25, 0.3) is 0 Å². The van der Waals surface area contributed by atoms with Gasteiger partial charge in [0.1, 0.15) is 108 Å². The molecule has 7 aromatic carbocycles. The van der Waals surface area contributed by atoms with Crippen molar-refractivity contribution < 1.29 is 102 Å². The molecule has 29 N–H and O–H groups in total. The molecule has 0 radical (unpaired) electrons. The molecule has 43 heteroatoms. The first kappa shape index (κ1) is 112. The Kier molecular flexibility index (Phi) is 41.3. The molecule has 146 heavy (non-hydrogen) atoms. The summed E-state index contributed by atoms with van der Waals surface area (Å²) in [4.78, 5) is 246. The van der Waals surface area contributed by atoms with Crippen LogP contribution in [0.5, 0.6) is 23.0 Å². The lowest BCUT2D eigenvalue weighted by Crippen LogP contribution is -2.63. The van der Waals surface area contributed by atoms with E-state index < -0.39 is 233 Å². The number of aromatic nitrogens is 2. The fourth-order valence-electron chi connectivity index (χ4n) is 16.5. The van der Waals surface area contributed by atoms with Crippen LogP contribution < -0.4 is 97.0 Å². The van der Waals surface area contributed by atoms with Crippen LogP contribution in [0.15, 0.2) is 188 Å². The fraction of sp³-hybridized carbons (Fsp3) is 0.388. The normalized spacial score (nSPS) is 22.6. The molecule has 0 saturated carbocycles. The number of thioether (sulfide) groups is 1. The van der Waals surface area contributed by atoms with Gasteiger partial charge in [-0.15, -0.1) is 11.8 Å². The minimum atomic E-state index is -2.01. The number of aliphatic hydroxyl groups excluding tert-OH is 1. The number of amides is 16. The van der Waals surface area contributed by atoms with Gasteiger partial charge in [-0.25, -0.2) is 0 Å². The van der Waals surface area contributed by atoms with Gasteiger partial charge in [-0.2, -0.15) is 0 Å². The number of benzene rings is 7. The lowest BCUT2D eigenvalue weighted by Gasteiger charge is -2.30. The van der Waals surface area contributed by atoms with E-state index in [1.807, 2.05) is 0 Å². The Morgan fingerprint density at radius 1 is 0.384 bits per heavy atom. The maximum atomic E-state index is 15.7. The Morgan fingerprint density at radius 2 is 0.712 bits per heavy atom. The van der Waals surface area contributed by atoms with Crippen LogP contribution in [0.1, 0.15) is 120 Å². The quantitative estimate of drug-likeness (QED) is 0.0192. The number of nitrogens with two attached hydrogens (primary N) is 3. The number of hydrogen-bond acceptors (Lipinski definition) is 23. The lowest BCUT2D eigenvalue weighted by atomic mass is 9.96. The van der Waals surface area contributed by atoms with Crippen LogP contribution in [-0.4, -0.2) is 245 Å². The topological polar surface area (TPSA) is 688 Å². The number of H-pyrrole nitrogens is 2. The summed E-state index contributed by atoms with van der Waals surface area (Å²) < 4.78 is 0. The lowest BCUT2D eigenvalue weighted by molar-refractivity contribution is -0.137. The molecular formula is C103H129N21O21S. The van der Waals surface area contributed by atoms with E-state index in [0.29, 0.717) is 60.8 Å². The summed E-state index contributed by atoms with van der Waals surface area (Å²) in [7, 11) is 0. The minimum Gasteiger partial charge on any atom is -0.508 e. The van der Waals surface area contributed by atoms with E-state index in [2.05, 4.69) is 89.7 Å². The molecule has 0 aliphatic carbocycles. The number of aromatic hydroxyl groups is 4. The number of aliphatic hydroxyl groups is 1. The Balaban J connectivity index is 1.06. The van der Waals surface area contributed by atoms with E-state index in [1.165, 1.54) is 111 Å². The van der Waals surface area contributed by atoms with Crippen LogP contribution in [0, 0.1) is 23.2 Å². The first-order chi connectivity index (χ1) is 69.5. The zero-order valence-electron chi connectivity index (χ0n) is 81.8. The molecule has 1 aliphatic rings. The van der Waals surface area contributed by atoms with Gasteiger partial charge in [0.05, 0.1) is 18.3 Å². The zero-order valence-corrected chi connectivity index (χ0v) is 82.6. The third-order valence-corrected chi connectivity index (χ3v) is 25.7. The summed E-state index contributed by atoms with van der Waals surface area (Å²) in [6.07, 6.45) is -2.22. The monoisotopic (exact) mass is 2030 g/mol. The van der Waals surface area contributed by atoms with E-state index in [4.69, 9.17) is 22.6 Å². The number of guanidine groups is 1. The summed E-state index contributed by atoms with van der Waals surface area (Å²) >= 11 is 0.756. The highest BCUT2D eigenvalue weighted by Crippen LogP contribution is 2.26. The Bertz CT molecular complexity index is 6090. The van der Waals surface area contributed by atoms with Crippen molar-refractivity contribution in [3.8, 4) is 23.0 Å². The molecule has 0 spiro atoms. The number of phenolic OH excluding ortho intramolecular Hbond substituents is 4.